The minimum absolute atomic E-state index is 0.0197. The number of ether oxygens (including phenoxy) is 7. The minimum atomic E-state index is -2.11. The Labute approximate surface area is 355 Å². The smallest absolute Gasteiger partial charge is 0.348 e. The van der Waals surface area contributed by atoms with Crippen LogP contribution >= 0.6 is 67.8 Å². The van der Waals surface area contributed by atoms with E-state index in [1.807, 2.05) is 5.32 Å². The highest BCUT2D eigenvalue weighted by molar-refractivity contribution is 14.1. The fourth-order valence-corrected chi connectivity index (χ4v) is 8.19. The van der Waals surface area contributed by atoms with Gasteiger partial charge in [0, 0.05) is 73.5 Å². The van der Waals surface area contributed by atoms with Crippen LogP contribution in [0.3, 0.4) is 0 Å². The number of carbonyl (C=O) groups excluding carboxylic acids is 10. The standard InChI is InChI=1S/C32H38I3N3O17/c1-13(39)49-10-7-19(52-16(4)42)29(45)37-27-24(34)22(23(33)26(36)25(27)35)28(55-32(48)21(54-18(6)44)9-12-51-15(3)41)31(47)38-30(46)20(53-17(5)43)8-11-50-14(2)40/h19-21,28H,7-12,36H2,1-6H3,(H,37,45)(H,38,46,47). The lowest BCUT2D eigenvalue weighted by molar-refractivity contribution is -0.175. The monoisotopic (exact) mass is 1120 g/mol. The van der Waals surface area contributed by atoms with Gasteiger partial charge in [0.25, 0.3) is 17.7 Å². The van der Waals surface area contributed by atoms with Crippen molar-refractivity contribution in [2.75, 3.05) is 30.9 Å². The van der Waals surface area contributed by atoms with Gasteiger partial charge in [-0.3, -0.25) is 48.5 Å². The molecular weight excluding hydrogens is 1080 g/mol. The van der Waals surface area contributed by atoms with Gasteiger partial charge in [0.2, 0.25) is 12.2 Å². The summed E-state index contributed by atoms with van der Waals surface area (Å²) >= 11 is 5.22. The van der Waals surface area contributed by atoms with Crippen LogP contribution in [0, 0.1) is 10.7 Å². The summed E-state index contributed by atoms with van der Waals surface area (Å²) in [6.07, 6.45) is -8.04. The Morgan fingerprint density at radius 1 is 0.527 bits per heavy atom. The normalized spacial score (nSPS) is 12.7. The first-order chi connectivity index (χ1) is 25.6. The van der Waals surface area contributed by atoms with Crippen molar-refractivity contribution >= 4 is 139 Å². The molecule has 1 aromatic carbocycles. The Bertz CT molecular complexity index is 1690. The van der Waals surface area contributed by atoms with Gasteiger partial charge in [-0.05, 0) is 67.8 Å². The molecule has 0 spiro atoms. The van der Waals surface area contributed by atoms with Gasteiger partial charge in [-0.1, -0.05) is 0 Å². The van der Waals surface area contributed by atoms with Crippen molar-refractivity contribution in [3.63, 3.8) is 0 Å². The molecule has 4 atom stereocenters. The lowest BCUT2D eigenvalue weighted by Gasteiger charge is -2.26. The molecule has 3 amide bonds. The van der Waals surface area contributed by atoms with Gasteiger partial charge in [-0.2, -0.15) is 0 Å². The number of rotatable bonds is 19. The number of imide groups is 1. The van der Waals surface area contributed by atoms with E-state index < -0.39 is 97.0 Å². The molecule has 0 bridgehead atoms. The van der Waals surface area contributed by atoms with Crippen LogP contribution in [0.4, 0.5) is 11.4 Å². The first-order valence-electron chi connectivity index (χ1n) is 15.8. The summed E-state index contributed by atoms with van der Waals surface area (Å²) in [6.45, 7) is 5.27. The average Bonchev–Trinajstić information content (AvgIpc) is 3.06. The third-order valence-electron chi connectivity index (χ3n) is 6.44. The molecule has 0 aliphatic rings. The van der Waals surface area contributed by atoms with Crippen LogP contribution in [0.25, 0.3) is 0 Å². The summed E-state index contributed by atoms with van der Waals surface area (Å²) in [7, 11) is 0. The number of hydrogen-bond acceptors (Lipinski definition) is 18. The highest BCUT2D eigenvalue weighted by Gasteiger charge is 2.38. The van der Waals surface area contributed by atoms with E-state index in [1.54, 1.807) is 67.8 Å². The lowest BCUT2D eigenvalue weighted by atomic mass is 10.1. The molecule has 0 heterocycles. The molecule has 1 rings (SSSR count). The molecular formula is C32H38I3N3O17. The Balaban J connectivity index is 3.85. The lowest BCUT2D eigenvalue weighted by Crippen LogP contribution is -2.45. The fourth-order valence-electron chi connectivity index (χ4n) is 4.19. The van der Waals surface area contributed by atoms with Gasteiger partial charge in [-0.15, -0.1) is 0 Å². The van der Waals surface area contributed by atoms with E-state index in [1.165, 1.54) is 0 Å². The van der Waals surface area contributed by atoms with Crippen molar-refractivity contribution in [3.8, 4) is 0 Å². The summed E-state index contributed by atoms with van der Waals surface area (Å²) in [5.41, 5.74) is 6.10. The number of amides is 3. The summed E-state index contributed by atoms with van der Waals surface area (Å²) in [6, 6.07) is 0. The van der Waals surface area contributed by atoms with E-state index in [-0.39, 0.29) is 53.7 Å². The maximum absolute atomic E-state index is 14.0. The zero-order chi connectivity index (χ0) is 42.2. The molecule has 20 nitrogen and oxygen atoms in total. The number of halogens is 3. The number of carbonyl (C=O) groups is 10. The molecule has 55 heavy (non-hydrogen) atoms. The van der Waals surface area contributed by atoms with Crippen molar-refractivity contribution in [2.45, 2.75) is 85.2 Å². The number of esters is 7. The second-order valence-corrected chi connectivity index (χ2v) is 14.2. The molecule has 1 aromatic rings. The van der Waals surface area contributed by atoms with E-state index in [9.17, 15) is 47.9 Å². The van der Waals surface area contributed by atoms with Crippen molar-refractivity contribution in [1.82, 2.24) is 5.32 Å². The van der Waals surface area contributed by atoms with Crippen LogP contribution < -0.4 is 16.4 Å². The molecule has 0 aromatic heterocycles. The third-order valence-corrected chi connectivity index (χ3v) is 9.85. The molecule has 0 fully saturated rings. The topological polar surface area (TPSA) is 285 Å². The Morgan fingerprint density at radius 3 is 1.35 bits per heavy atom. The molecule has 4 N–H and O–H groups in total. The number of anilines is 2. The van der Waals surface area contributed by atoms with Gasteiger partial charge in [0.15, 0.2) is 12.2 Å². The van der Waals surface area contributed by atoms with Crippen LogP contribution in [-0.2, 0) is 81.1 Å². The largest absolute Gasteiger partial charge is 0.466 e. The molecule has 0 saturated heterocycles. The highest BCUT2D eigenvalue weighted by Crippen LogP contribution is 2.41. The van der Waals surface area contributed by atoms with Crippen molar-refractivity contribution < 1.29 is 81.1 Å². The van der Waals surface area contributed by atoms with Crippen LogP contribution in [0.1, 0.15) is 72.5 Å². The van der Waals surface area contributed by atoms with E-state index >= 15 is 0 Å². The predicted octanol–water partition coefficient (Wildman–Crippen LogP) is 1.90. The number of hydrogen-bond donors (Lipinski definition) is 3. The number of nitrogens with two attached hydrogens (primary N) is 1. The van der Waals surface area contributed by atoms with Crippen molar-refractivity contribution in [1.29, 1.82) is 0 Å². The maximum Gasteiger partial charge on any atom is 0.348 e. The Morgan fingerprint density at radius 2 is 0.927 bits per heavy atom. The second kappa shape index (κ2) is 23.9. The van der Waals surface area contributed by atoms with Gasteiger partial charge in [0.05, 0.1) is 34.8 Å². The van der Waals surface area contributed by atoms with Gasteiger partial charge in [-0.25, -0.2) is 4.79 Å². The zero-order valence-corrected chi connectivity index (χ0v) is 36.7. The molecule has 0 aliphatic carbocycles. The predicted molar refractivity (Wildman–Crippen MR) is 210 cm³/mol. The summed E-state index contributed by atoms with van der Waals surface area (Å²) < 4.78 is 35.6. The molecule has 0 saturated carbocycles. The number of benzene rings is 1. The average molecular weight is 1120 g/mol. The first-order valence-corrected chi connectivity index (χ1v) is 19.0. The number of nitrogen functional groups attached to an aromatic ring is 1. The van der Waals surface area contributed by atoms with E-state index in [0.717, 1.165) is 41.5 Å². The van der Waals surface area contributed by atoms with Crippen LogP contribution in [-0.4, -0.2) is 97.6 Å². The van der Waals surface area contributed by atoms with Crippen LogP contribution in [0.15, 0.2) is 0 Å². The van der Waals surface area contributed by atoms with Gasteiger partial charge >= 0.3 is 41.8 Å². The second-order valence-electron chi connectivity index (χ2n) is 11.0. The van der Waals surface area contributed by atoms with Crippen molar-refractivity contribution in [3.05, 3.63) is 16.3 Å². The molecule has 304 valence electrons. The Hall–Kier alpha value is -3.89. The van der Waals surface area contributed by atoms with E-state index in [4.69, 9.17) is 38.9 Å². The van der Waals surface area contributed by atoms with Gasteiger partial charge < -0.3 is 44.2 Å². The van der Waals surface area contributed by atoms with Crippen LogP contribution in [0.2, 0.25) is 0 Å². The minimum Gasteiger partial charge on any atom is -0.466 e. The third kappa shape index (κ3) is 17.2. The summed E-state index contributed by atoms with van der Waals surface area (Å²) in [5, 5.41) is 4.57. The van der Waals surface area contributed by atoms with Crippen molar-refractivity contribution in [2.24, 2.45) is 0 Å². The molecule has 23 heteroatoms. The first kappa shape index (κ1) is 49.1. The fraction of sp³-hybridized carbons (Fsp3) is 0.500. The molecule has 0 aliphatic heterocycles. The Kier molecular flexibility index (Phi) is 21.3. The summed E-state index contributed by atoms with van der Waals surface area (Å²) in [5.74, 6) is -9.56. The maximum atomic E-state index is 14.0. The quantitative estimate of drug-likeness (QED) is 0.0772. The number of nitrogens with one attached hydrogen (secondary N) is 2. The molecule has 4 unspecified atom stereocenters. The SMILES string of the molecule is CC(=O)OCCC(OC(C)=O)C(=O)NC(=O)C(OC(=O)C(CCOC(C)=O)OC(C)=O)c1c(I)c(N)c(I)c(NC(=O)C(CCOC(C)=O)OC(C)=O)c1I. The van der Waals surface area contributed by atoms with Gasteiger partial charge in [0.1, 0.15) is 0 Å². The summed E-state index contributed by atoms with van der Waals surface area (Å²) in [4.78, 5) is 124. The van der Waals surface area contributed by atoms with E-state index in [2.05, 4.69) is 5.32 Å². The molecule has 0 radical (unpaired) electrons. The van der Waals surface area contributed by atoms with Crippen LogP contribution in [0.5, 0.6) is 0 Å². The highest BCUT2D eigenvalue weighted by atomic mass is 127. The van der Waals surface area contributed by atoms with E-state index in [0.29, 0.717) is 0 Å². The zero-order valence-electron chi connectivity index (χ0n) is 30.2.